The molecule has 1 aromatic heterocycles. The van der Waals surface area contributed by atoms with Gasteiger partial charge in [0.1, 0.15) is 23.8 Å². The van der Waals surface area contributed by atoms with Gasteiger partial charge in [0.25, 0.3) is 5.91 Å². The first-order chi connectivity index (χ1) is 17.8. The number of nitrogens with zero attached hydrogens (tertiary/aromatic N) is 2. The molecule has 2 atom stereocenters. The van der Waals surface area contributed by atoms with Crippen molar-refractivity contribution in [2.24, 2.45) is 0 Å². The summed E-state index contributed by atoms with van der Waals surface area (Å²) in [6.45, 7) is 4.20. The van der Waals surface area contributed by atoms with E-state index < -0.39 is 5.82 Å². The van der Waals surface area contributed by atoms with E-state index in [1.807, 2.05) is 56.3 Å². The fourth-order valence-electron chi connectivity index (χ4n) is 5.40. The minimum absolute atomic E-state index is 0.173. The van der Waals surface area contributed by atoms with Crippen LogP contribution in [0.4, 0.5) is 10.2 Å². The molecule has 2 unspecified atom stereocenters. The average molecular weight is 491 g/mol. The molecule has 2 aliphatic rings. The van der Waals surface area contributed by atoms with Gasteiger partial charge in [-0.25, -0.2) is 9.37 Å². The molecule has 0 saturated heterocycles. The van der Waals surface area contributed by atoms with Crippen LogP contribution in [0, 0.1) is 31.0 Å². The summed E-state index contributed by atoms with van der Waals surface area (Å²) in [7, 11) is 0. The monoisotopic (exact) mass is 490 g/mol. The maximum atomic E-state index is 14.6. The highest BCUT2D eigenvalue weighted by molar-refractivity contribution is 5.94. The normalized spacial score (nSPS) is 16.7. The number of carbonyl (C=O) groups excluding carboxylic acids is 1. The van der Waals surface area contributed by atoms with Crippen molar-refractivity contribution in [3.05, 3.63) is 117 Å². The molecule has 0 aliphatic carbocycles. The Balaban J connectivity index is 1.25. The molecule has 37 heavy (non-hydrogen) atoms. The van der Waals surface area contributed by atoms with Crippen molar-refractivity contribution in [3.63, 3.8) is 0 Å². The number of pyridine rings is 1. The Morgan fingerprint density at radius 2 is 1.76 bits per heavy atom. The second-order valence-electron chi connectivity index (χ2n) is 9.50. The van der Waals surface area contributed by atoms with Crippen molar-refractivity contribution >= 4 is 11.7 Å². The molecule has 182 valence electrons. The number of nitrogens with two attached hydrogens (primary N) is 1. The molecular weight excluding hydrogens is 467 g/mol. The zero-order valence-electron chi connectivity index (χ0n) is 20.3. The molecule has 3 aromatic carbocycles. The Morgan fingerprint density at radius 3 is 2.46 bits per heavy atom. The highest BCUT2D eigenvalue weighted by atomic mass is 19.1. The van der Waals surface area contributed by atoms with Gasteiger partial charge in [-0.3, -0.25) is 4.79 Å². The SMILES string of the molecule is Cc1cc(N)nc(C)c1CNC(=O)c1ccc2c(c1)C1OC2c2cc(-c3ccc(C#N)cc3F)ccc21. The van der Waals surface area contributed by atoms with Crippen molar-refractivity contribution in [1.82, 2.24) is 10.3 Å². The first-order valence-corrected chi connectivity index (χ1v) is 12.0. The summed E-state index contributed by atoms with van der Waals surface area (Å²) in [5, 5.41) is 12.0. The second-order valence-corrected chi connectivity index (χ2v) is 9.50. The predicted molar refractivity (Wildman–Crippen MR) is 137 cm³/mol. The Labute approximate surface area is 213 Å². The van der Waals surface area contributed by atoms with E-state index in [4.69, 9.17) is 15.7 Å². The van der Waals surface area contributed by atoms with Crippen LogP contribution < -0.4 is 11.1 Å². The summed E-state index contributed by atoms with van der Waals surface area (Å²) in [5.41, 5.74) is 14.6. The van der Waals surface area contributed by atoms with Gasteiger partial charge in [0, 0.05) is 23.4 Å². The molecule has 7 heteroatoms. The van der Waals surface area contributed by atoms with Crippen LogP contribution in [-0.2, 0) is 11.3 Å². The number of ether oxygens (including phenoxy) is 1. The third-order valence-electron chi connectivity index (χ3n) is 7.25. The average Bonchev–Trinajstić information content (AvgIpc) is 3.44. The lowest BCUT2D eigenvalue weighted by Crippen LogP contribution is -2.24. The van der Waals surface area contributed by atoms with Crippen molar-refractivity contribution in [2.75, 3.05) is 5.73 Å². The van der Waals surface area contributed by atoms with Gasteiger partial charge in [0.15, 0.2) is 0 Å². The molecule has 3 heterocycles. The van der Waals surface area contributed by atoms with E-state index >= 15 is 0 Å². The van der Waals surface area contributed by atoms with E-state index in [-0.39, 0.29) is 23.7 Å². The molecule has 4 aromatic rings. The van der Waals surface area contributed by atoms with Gasteiger partial charge >= 0.3 is 0 Å². The molecule has 6 rings (SSSR count). The number of nitrogens with one attached hydrogen (secondary N) is 1. The second kappa shape index (κ2) is 8.54. The van der Waals surface area contributed by atoms with Crippen molar-refractivity contribution < 1.29 is 13.9 Å². The molecule has 3 N–H and O–H groups in total. The number of amides is 1. The third-order valence-corrected chi connectivity index (χ3v) is 7.25. The number of nitrogen functional groups attached to an aromatic ring is 1. The quantitative estimate of drug-likeness (QED) is 0.398. The van der Waals surface area contributed by atoms with E-state index in [2.05, 4.69) is 10.3 Å². The molecule has 0 fully saturated rings. The molecule has 0 radical (unpaired) electrons. The first-order valence-electron chi connectivity index (χ1n) is 12.0. The summed E-state index contributed by atoms with van der Waals surface area (Å²) in [6.07, 6.45) is -0.534. The standard InChI is InChI=1S/C30H23FN4O2/c1-15-9-27(33)35-16(2)25(15)14-34-30(36)19-5-8-22-24(12-19)29-21-7-4-18(11-23(21)28(22)37-29)20-6-3-17(13-32)10-26(20)31/h3-12,28-29H,14H2,1-2H3,(H2,33,35)(H,34,36). The van der Waals surface area contributed by atoms with Gasteiger partial charge in [-0.15, -0.1) is 0 Å². The van der Waals surface area contributed by atoms with E-state index in [0.29, 0.717) is 23.5 Å². The van der Waals surface area contributed by atoms with Gasteiger partial charge in [0.05, 0.1) is 11.6 Å². The van der Waals surface area contributed by atoms with Crippen LogP contribution in [0.2, 0.25) is 0 Å². The number of benzene rings is 3. The van der Waals surface area contributed by atoms with Gasteiger partial charge in [-0.2, -0.15) is 5.26 Å². The lowest BCUT2D eigenvalue weighted by Gasteiger charge is -2.18. The van der Waals surface area contributed by atoms with Gasteiger partial charge < -0.3 is 15.8 Å². The number of aryl methyl sites for hydroxylation is 2. The Morgan fingerprint density at radius 1 is 1.03 bits per heavy atom. The third kappa shape index (κ3) is 3.74. The number of carbonyl (C=O) groups is 1. The predicted octanol–water partition coefficient (Wildman–Crippen LogP) is 5.41. The fourth-order valence-corrected chi connectivity index (χ4v) is 5.40. The van der Waals surface area contributed by atoms with Crippen LogP contribution in [-0.4, -0.2) is 10.9 Å². The number of aromatic nitrogens is 1. The highest BCUT2D eigenvalue weighted by Gasteiger charge is 2.43. The summed E-state index contributed by atoms with van der Waals surface area (Å²) < 4.78 is 20.9. The minimum atomic E-state index is -0.431. The van der Waals surface area contributed by atoms with Crippen LogP contribution in [0.25, 0.3) is 11.1 Å². The Kier molecular flexibility index (Phi) is 5.28. The lowest BCUT2D eigenvalue weighted by molar-refractivity contribution is 0.0857. The van der Waals surface area contributed by atoms with Gasteiger partial charge in [0.2, 0.25) is 0 Å². The van der Waals surface area contributed by atoms with Crippen molar-refractivity contribution in [1.29, 1.82) is 5.26 Å². The Hall–Kier alpha value is -4.54. The molecule has 2 aliphatic heterocycles. The van der Waals surface area contributed by atoms with Crippen LogP contribution in [0.5, 0.6) is 0 Å². The molecule has 0 saturated carbocycles. The fraction of sp³-hybridized carbons (Fsp3) is 0.167. The maximum Gasteiger partial charge on any atom is 0.251 e. The number of nitriles is 1. The first kappa shape index (κ1) is 22.9. The van der Waals surface area contributed by atoms with Gasteiger partial charge in [-0.05, 0) is 89.2 Å². The molecule has 1 amide bonds. The number of hydrogen-bond acceptors (Lipinski definition) is 5. The maximum absolute atomic E-state index is 14.6. The minimum Gasteiger partial charge on any atom is -0.384 e. The highest BCUT2D eigenvalue weighted by Crippen LogP contribution is 2.54. The summed E-state index contributed by atoms with van der Waals surface area (Å²) in [6, 6.07) is 19.7. The molecule has 6 nitrogen and oxygen atoms in total. The molecule has 0 spiro atoms. The molecular formula is C30H23FN4O2. The van der Waals surface area contributed by atoms with Crippen LogP contribution in [0.1, 0.15) is 67.2 Å². The largest absolute Gasteiger partial charge is 0.384 e. The number of rotatable bonds is 4. The zero-order valence-corrected chi connectivity index (χ0v) is 20.3. The summed E-state index contributed by atoms with van der Waals surface area (Å²) in [4.78, 5) is 17.3. The van der Waals surface area contributed by atoms with Gasteiger partial charge in [-0.1, -0.05) is 24.3 Å². The van der Waals surface area contributed by atoms with Crippen LogP contribution >= 0.6 is 0 Å². The van der Waals surface area contributed by atoms with E-state index in [1.165, 1.54) is 6.07 Å². The van der Waals surface area contributed by atoms with Crippen LogP contribution in [0.3, 0.4) is 0 Å². The Bertz CT molecular complexity index is 1630. The number of hydrogen-bond donors (Lipinski definition) is 2. The van der Waals surface area contributed by atoms with Crippen molar-refractivity contribution in [2.45, 2.75) is 32.6 Å². The lowest BCUT2D eigenvalue weighted by atomic mass is 9.83. The summed E-state index contributed by atoms with van der Waals surface area (Å²) >= 11 is 0. The van der Waals surface area contributed by atoms with Crippen LogP contribution in [0.15, 0.2) is 60.7 Å². The van der Waals surface area contributed by atoms with E-state index in [1.54, 1.807) is 18.2 Å². The van der Waals surface area contributed by atoms with E-state index in [9.17, 15) is 9.18 Å². The number of anilines is 1. The molecule has 2 bridgehead atoms. The van der Waals surface area contributed by atoms with Crippen molar-refractivity contribution in [3.8, 4) is 17.2 Å². The zero-order chi connectivity index (χ0) is 25.8. The van der Waals surface area contributed by atoms with E-state index in [0.717, 1.165) is 44.6 Å². The number of fused-ring (bicyclic) bond motifs is 8. The summed E-state index contributed by atoms with van der Waals surface area (Å²) in [5.74, 6) is -0.138. The number of halogens is 1. The topological polar surface area (TPSA) is 101 Å². The smallest absolute Gasteiger partial charge is 0.251 e.